The zero-order valence-corrected chi connectivity index (χ0v) is 15.6. The molecule has 130 valence electrons. The van der Waals surface area contributed by atoms with E-state index in [4.69, 9.17) is 0 Å². The maximum Gasteiger partial charge on any atom is 0.165 e. The van der Waals surface area contributed by atoms with Crippen molar-refractivity contribution in [3.8, 4) is 0 Å². The number of halogens is 1. The van der Waals surface area contributed by atoms with E-state index < -0.39 is 0 Å². The summed E-state index contributed by atoms with van der Waals surface area (Å²) in [5.41, 5.74) is 4.64. The minimum absolute atomic E-state index is 0. The summed E-state index contributed by atoms with van der Waals surface area (Å²) in [6.45, 7) is 11.8. The summed E-state index contributed by atoms with van der Waals surface area (Å²) in [6.07, 6.45) is 0. The number of carbonyl (C=O) groups excluding carboxylic acids is 1. The molecular weight excluding hydrogens is 324 g/mol. The zero-order chi connectivity index (χ0) is 16.6. The van der Waals surface area contributed by atoms with Gasteiger partial charge in [-0.3, -0.25) is 4.79 Å². The van der Waals surface area contributed by atoms with E-state index in [9.17, 15) is 4.79 Å². The van der Waals surface area contributed by atoms with Crippen LogP contribution in [-0.2, 0) is 6.54 Å². The first-order valence-corrected chi connectivity index (χ1v) is 8.28. The fraction of sp³-hybridized carbons (Fsp3) is 0.444. The molecule has 0 aliphatic rings. The molecule has 0 aliphatic carbocycles. The van der Waals surface area contributed by atoms with Gasteiger partial charge in [-0.25, -0.2) is 4.52 Å². The van der Waals surface area contributed by atoms with Gasteiger partial charge in [-0.1, -0.05) is 26.0 Å². The second-order valence-electron chi connectivity index (χ2n) is 5.92. The zero-order valence-electron chi connectivity index (χ0n) is 14.7. The first-order valence-electron chi connectivity index (χ1n) is 8.28. The van der Waals surface area contributed by atoms with E-state index in [0.717, 1.165) is 54.1 Å². The maximum absolute atomic E-state index is 12.1. The Morgan fingerprint density at radius 3 is 2.38 bits per heavy atom. The molecule has 1 aromatic carbocycles. The van der Waals surface area contributed by atoms with Gasteiger partial charge in [-0.2, -0.15) is 5.10 Å². The molecule has 5 nitrogen and oxygen atoms in total. The van der Waals surface area contributed by atoms with Gasteiger partial charge in [-0.15, -0.1) is 12.4 Å². The molecule has 0 saturated carbocycles. The number of para-hydroxylation sites is 2. The highest BCUT2D eigenvalue weighted by molar-refractivity contribution is 6.03. The average Bonchev–Trinajstić information content (AvgIpc) is 3.02. The molecule has 2 heterocycles. The molecule has 0 amide bonds. The van der Waals surface area contributed by atoms with Crippen molar-refractivity contribution in [1.29, 1.82) is 0 Å². The molecule has 0 saturated heterocycles. The van der Waals surface area contributed by atoms with E-state index in [1.165, 1.54) is 0 Å². The topological polar surface area (TPSA) is 42.5 Å². The van der Waals surface area contributed by atoms with E-state index in [0.29, 0.717) is 0 Å². The van der Waals surface area contributed by atoms with Gasteiger partial charge in [0.05, 0.1) is 22.3 Å². The molecule has 3 aromatic rings. The molecule has 0 aliphatic heterocycles. The predicted octanol–water partition coefficient (Wildman–Crippen LogP) is 3.56. The van der Waals surface area contributed by atoms with Crippen molar-refractivity contribution >= 4 is 34.9 Å². The van der Waals surface area contributed by atoms with Crippen LogP contribution in [0.25, 0.3) is 16.7 Å². The largest absolute Gasteiger partial charge is 0.322 e. The predicted molar refractivity (Wildman–Crippen MR) is 100 cm³/mol. The van der Waals surface area contributed by atoms with E-state index in [-0.39, 0.29) is 18.2 Å². The molecule has 0 spiro atoms. The summed E-state index contributed by atoms with van der Waals surface area (Å²) >= 11 is 0. The van der Waals surface area contributed by atoms with Gasteiger partial charge in [0, 0.05) is 13.1 Å². The van der Waals surface area contributed by atoms with Gasteiger partial charge in [0.25, 0.3) is 0 Å². The van der Waals surface area contributed by atoms with Crippen LogP contribution in [0.3, 0.4) is 0 Å². The number of hydrogen-bond donors (Lipinski definition) is 0. The Morgan fingerprint density at radius 2 is 1.79 bits per heavy atom. The van der Waals surface area contributed by atoms with E-state index in [2.05, 4.69) is 40.5 Å². The highest BCUT2D eigenvalue weighted by atomic mass is 35.5. The van der Waals surface area contributed by atoms with Crippen LogP contribution in [0.4, 0.5) is 0 Å². The number of ketones is 1. The van der Waals surface area contributed by atoms with Crippen molar-refractivity contribution in [3.05, 3.63) is 35.5 Å². The van der Waals surface area contributed by atoms with Gasteiger partial charge in [-0.05, 0) is 39.1 Å². The lowest BCUT2D eigenvalue weighted by atomic mass is 10.2. The van der Waals surface area contributed by atoms with Crippen molar-refractivity contribution in [3.63, 3.8) is 0 Å². The number of Topliss-reactive ketones (excluding diaryl/α,β-unsaturated/α-hetero) is 1. The van der Waals surface area contributed by atoms with Gasteiger partial charge >= 0.3 is 0 Å². The van der Waals surface area contributed by atoms with Crippen molar-refractivity contribution in [2.75, 3.05) is 19.6 Å². The second kappa shape index (κ2) is 7.36. The Bertz CT molecular complexity index is 861. The molecule has 0 fully saturated rings. The Balaban J connectivity index is 0.00000208. The third-order valence-electron chi connectivity index (χ3n) is 4.58. The second-order valence-corrected chi connectivity index (χ2v) is 5.92. The highest BCUT2D eigenvalue weighted by Crippen LogP contribution is 2.25. The summed E-state index contributed by atoms with van der Waals surface area (Å²) in [5, 5.41) is 4.61. The maximum atomic E-state index is 12.1. The number of fused-ring (bicyclic) bond motifs is 3. The number of carbonyl (C=O) groups is 1. The fourth-order valence-corrected chi connectivity index (χ4v) is 3.34. The van der Waals surface area contributed by atoms with Crippen molar-refractivity contribution in [2.24, 2.45) is 0 Å². The van der Waals surface area contributed by atoms with Crippen LogP contribution in [0.2, 0.25) is 0 Å². The van der Waals surface area contributed by atoms with Crippen molar-refractivity contribution < 1.29 is 4.79 Å². The van der Waals surface area contributed by atoms with Crippen LogP contribution in [0, 0.1) is 6.92 Å². The lowest BCUT2D eigenvalue weighted by Gasteiger charge is -2.18. The number of rotatable bonds is 6. The van der Waals surface area contributed by atoms with Crippen LogP contribution >= 0.6 is 12.4 Å². The third kappa shape index (κ3) is 2.94. The average molecular weight is 349 g/mol. The lowest BCUT2D eigenvalue weighted by molar-refractivity contribution is 0.101. The summed E-state index contributed by atoms with van der Waals surface area (Å²) in [5.74, 6) is 0.0735. The highest BCUT2D eigenvalue weighted by Gasteiger charge is 2.21. The normalized spacial score (nSPS) is 11.4. The molecule has 2 aromatic heterocycles. The summed E-state index contributed by atoms with van der Waals surface area (Å²) in [6, 6.07) is 8.22. The molecule has 3 rings (SSSR count). The molecule has 0 unspecified atom stereocenters. The molecular formula is C18H25ClN4O. The molecule has 24 heavy (non-hydrogen) atoms. The Morgan fingerprint density at radius 1 is 1.17 bits per heavy atom. The van der Waals surface area contributed by atoms with Crippen LogP contribution in [0.1, 0.15) is 36.8 Å². The molecule has 6 heteroatoms. The molecule has 0 N–H and O–H groups in total. The van der Waals surface area contributed by atoms with Gasteiger partial charge in [0.15, 0.2) is 5.78 Å². The molecule has 0 bridgehead atoms. The van der Waals surface area contributed by atoms with Crippen LogP contribution < -0.4 is 0 Å². The van der Waals surface area contributed by atoms with E-state index >= 15 is 0 Å². The van der Waals surface area contributed by atoms with Gasteiger partial charge in [0.2, 0.25) is 0 Å². The van der Waals surface area contributed by atoms with Crippen molar-refractivity contribution in [1.82, 2.24) is 19.1 Å². The lowest BCUT2D eigenvalue weighted by Crippen LogP contribution is -2.27. The van der Waals surface area contributed by atoms with Crippen LogP contribution in [0.15, 0.2) is 24.3 Å². The van der Waals surface area contributed by atoms with Gasteiger partial charge in [0.1, 0.15) is 5.65 Å². The molecule has 0 atom stereocenters. The number of imidazole rings is 1. The van der Waals surface area contributed by atoms with E-state index in [1.54, 1.807) is 6.92 Å². The smallest absolute Gasteiger partial charge is 0.165 e. The fourth-order valence-electron chi connectivity index (χ4n) is 3.34. The van der Waals surface area contributed by atoms with Gasteiger partial charge < -0.3 is 9.47 Å². The summed E-state index contributed by atoms with van der Waals surface area (Å²) in [7, 11) is 0. The quantitative estimate of drug-likeness (QED) is 0.640. The Hall–Kier alpha value is -1.85. The van der Waals surface area contributed by atoms with E-state index in [1.807, 2.05) is 23.6 Å². The summed E-state index contributed by atoms with van der Waals surface area (Å²) in [4.78, 5) is 14.5. The number of benzene rings is 1. The number of nitrogens with zero attached hydrogens (tertiary/aromatic N) is 4. The third-order valence-corrected chi connectivity index (χ3v) is 4.58. The van der Waals surface area contributed by atoms with Crippen LogP contribution in [0.5, 0.6) is 0 Å². The number of aromatic nitrogens is 3. The number of likely N-dealkylation sites (N-methyl/N-ethyl adjacent to an activating group) is 1. The first-order chi connectivity index (χ1) is 11.1. The molecule has 0 radical (unpaired) electrons. The monoisotopic (exact) mass is 348 g/mol. The minimum atomic E-state index is 0. The summed E-state index contributed by atoms with van der Waals surface area (Å²) < 4.78 is 4.16. The Labute approximate surface area is 148 Å². The van der Waals surface area contributed by atoms with Crippen LogP contribution in [-0.4, -0.2) is 44.5 Å². The SMILES string of the molecule is CCN(CC)CCn1c2ccccc2n2nc(C)c(C(C)=O)c12.Cl. The number of hydrogen-bond acceptors (Lipinski definition) is 3. The first kappa shape index (κ1) is 18.5. The number of aryl methyl sites for hydroxylation is 1. The standard InChI is InChI=1S/C18H24N4O.ClH/c1-5-20(6-2)11-12-21-15-9-7-8-10-16(15)22-18(21)17(14(4)23)13(3)19-22;/h7-10H,5-6,11-12H2,1-4H3;1H. The Kier molecular flexibility index (Phi) is 5.67. The minimum Gasteiger partial charge on any atom is -0.322 e. The van der Waals surface area contributed by atoms with Crippen molar-refractivity contribution in [2.45, 2.75) is 34.2 Å².